The maximum atomic E-state index is 13.0. The smallest absolute Gasteiger partial charge is 0.380 e. The highest BCUT2D eigenvalue weighted by Gasteiger charge is 2.50. The van der Waals surface area contributed by atoms with E-state index in [2.05, 4.69) is 173 Å². The SMILES string of the molecule is C.Cc1cn(C2CN(C(c3ccccc3)(c3ccccc3)c3ccccc3)CC(CO)O2)c(=O)[nH]c1=O.Cc1cn(C2CN(C(c3ccccc3)(c3ccccc3)c3ccccc3)CC(COP(=O)(Cl)Cl)O2)c(=O)[nH]c1=O.Cc1cn(C2CN(C(c3ccccc3)(c3ccccc3)c3ccccc3)CC(COP(C)(=O)Cl)O2)c(=O)[nH]c1=O.O=P(Cl)(Cl)Cl. The van der Waals surface area contributed by atoms with Crippen LogP contribution in [0, 0.1) is 20.8 Å². The Hall–Kier alpha value is -8.91. The van der Waals surface area contributed by atoms with Crippen molar-refractivity contribution in [2.24, 2.45) is 0 Å². The molecule has 122 heavy (non-hydrogen) atoms. The van der Waals surface area contributed by atoms with Gasteiger partial charge in [0.2, 0.25) is 0 Å². The monoisotopic (exact) mass is 1830 g/mol. The number of rotatable bonds is 22. The Labute approximate surface area is 734 Å². The van der Waals surface area contributed by atoms with Crippen LogP contribution in [0.1, 0.15) is 92.9 Å². The van der Waals surface area contributed by atoms with Crippen LogP contribution in [-0.4, -0.2) is 133 Å². The third-order valence-corrected chi connectivity index (χ3v) is 23.0. The number of ether oxygens (including phenoxy) is 3. The summed E-state index contributed by atoms with van der Waals surface area (Å²) in [6, 6.07) is 91.4. The summed E-state index contributed by atoms with van der Waals surface area (Å²) in [6.45, 7) is 4.53. The van der Waals surface area contributed by atoms with Crippen molar-refractivity contribution >= 4 is 85.4 Å². The third kappa shape index (κ3) is 22.4. The minimum absolute atomic E-state index is 0. The number of hydrogen-bond acceptors (Lipinski definition) is 18. The molecule has 3 saturated heterocycles. The van der Waals surface area contributed by atoms with Crippen LogP contribution in [0.3, 0.4) is 0 Å². The first-order valence-corrected chi connectivity index (χ1v) is 49.3. The van der Waals surface area contributed by atoms with E-state index >= 15 is 0 Å². The van der Waals surface area contributed by atoms with Crippen LogP contribution in [0.5, 0.6) is 0 Å². The van der Waals surface area contributed by atoms with E-state index in [1.54, 1.807) is 20.8 Å². The number of benzene rings is 9. The highest BCUT2D eigenvalue weighted by Crippen LogP contribution is 2.61. The number of hydrogen-bond donors (Lipinski definition) is 4. The fraction of sp³-hybridized carbons (Fsp3) is 0.258. The van der Waals surface area contributed by atoms with E-state index in [4.69, 9.17) is 57.0 Å². The van der Waals surface area contributed by atoms with Gasteiger partial charge in [-0.1, -0.05) is 280 Å². The van der Waals surface area contributed by atoms with E-state index in [1.165, 1.54) is 39.0 Å². The van der Waals surface area contributed by atoms with Crippen molar-refractivity contribution in [1.82, 2.24) is 43.4 Å². The van der Waals surface area contributed by atoms with E-state index < -0.39 is 105 Å². The Morgan fingerprint density at radius 1 is 0.352 bits per heavy atom. The zero-order valence-corrected chi connectivity index (χ0v) is 73.2. The molecule has 3 aliphatic rings. The number of aromatic amines is 3. The van der Waals surface area contributed by atoms with Gasteiger partial charge in [-0.15, -0.1) is 0 Å². The minimum Gasteiger partial charge on any atom is -0.394 e. The second-order valence-corrected chi connectivity index (χ2v) is 43.6. The summed E-state index contributed by atoms with van der Waals surface area (Å²) in [5.41, 5.74) is 5.01. The molecule has 7 atom stereocenters. The van der Waals surface area contributed by atoms with Gasteiger partial charge in [0.05, 0.1) is 54.7 Å². The molecule has 9 aromatic carbocycles. The van der Waals surface area contributed by atoms with Crippen LogP contribution < -0.4 is 33.7 Å². The highest BCUT2D eigenvalue weighted by molar-refractivity contribution is 8.24. The van der Waals surface area contributed by atoms with E-state index in [1.807, 2.05) is 164 Å². The minimum atomic E-state index is -3.85. The van der Waals surface area contributed by atoms with Crippen molar-refractivity contribution in [1.29, 1.82) is 0 Å². The molecule has 4 N–H and O–H groups in total. The number of nitrogens with one attached hydrogen (secondary N) is 3. The van der Waals surface area contributed by atoms with Crippen LogP contribution in [0.15, 0.2) is 320 Å². The number of aryl methyl sites for hydroxylation is 3. The molecule has 3 aromatic heterocycles. The highest BCUT2D eigenvalue weighted by atomic mass is 36.0. The first-order valence-electron chi connectivity index (χ1n) is 38.4. The van der Waals surface area contributed by atoms with Gasteiger partial charge in [0.15, 0.2) is 18.7 Å². The topological polar surface area (TPSA) is 292 Å². The number of morpholine rings is 3. The largest absolute Gasteiger partial charge is 0.394 e. The lowest BCUT2D eigenvalue weighted by atomic mass is 9.75. The maximum Gasteiger partial charge on any atom is 0.380 e. The van der Waals surface area contributed by atoms with Crippen molar-refractivity contribution in [3.8, 4) is 0 Å². The summed E-state index contributed by atoms with van der Waals surface area (Å²) in [7, 11) is 0. The molecule has 640 valence electrons. The molecule has 15 rings (SSSR count). The standard InChI is InChI=1S/C30H31ClN3O5P.C29H28Cl2N3O5P.C29H29N3O4.CH4.Cl3OP/c1-22-18-34(29(36)32-28(22)35)27-20-33(19-26(39-27)21-38-40(2,31)37)30(23-12-6-3-7-13-23,24-14-8-4-9-15-24)25-16-10-5-11-17-25;1-21-17-34(28(36)32-27(21)35)26-19-33(18-25(39-26)20-38-40(30,31)37)29(22-11-5-2-6-12-22,23-13-7-3-8-14-23)24-15-9-4-10-16-24;1-21-17-32(28(35)30-27(21)34)26-19-31(18-25(20-33)36-26)29(22-11-5-2-6-12-22,23-13-7-3-8-14-23)24-15-9-4-10-16-24;;1-5(2,3)4/h3-18,26-27H,19-21H2,1-2H3,(H,32,35,36);2-17,25-26H,18-20H2,1H3,(H,32,35,36);2-17,25-26,33H,18-20H2,1H3,(H,30,34,35);1H4;. The van der Waals surface area contributed by atoms with Crippen molar-refractivity contribution < 1.29 is 42.1 Å². The maximum absolute atomic E-state index is 13.0. The lowest BCUT2D eigenvalue weighted by Crippen LogP contribution is -2.58. The molecule has 0 amide bonds. The van der Waals surface area contributed by atoms with Crippen molar-refractivity contribution in [3.05, 3.63) is 421 Å². The molecule has 12 aromatic rings. The van der Waals surface area contributed by atoms with E-state index in [-0.39, 0.29) is 33.8 Å². The Morgan fingerprint density at radius 3 is 0.746 bits per heavy atom. The van der Waals surface area contributed by atoms with Crippen LogP contribution in [-0.2, 0) is 53.6 Å². The van der Waals surface area contributed by atoms with Gasteiger partial charge in [-0.05, 0) is 138 Å². The van der Waals surface area contributed by atoms with Crippen LogP contribution in [0.4, 0.5) is 0 Å². The molecule has 0 radical (unpaired) electrons. The van der Waals surface area contributed by atoms with Crippen molar-refractivity contribution in [2.45, 2.75) is 81.8 Å². The molecule has 6 heterocycles. The third-order valence-electron chi connectivity index (χ3n) is 21.1. The summed E-state index contributed by atoms with van der Waals surface area (Å²) in [4.78, 5) is 88.9. The molecule has 7 unspecified atom stereocenters. The molecule has 3 aliphatic heterocycles. The molecule has 3 fully saturated rings. The van der Waals surface area contributed by atoms with Crippen LogP contribution in [0.2, 0.25) is 0 Å². The predicted molar refractivity (Wildman–Crippen MR) is 482 cm³/mol. The second kappa shape index (κ2) is 41.7. The second-order valence-electron chi connectivity index (χ2n) is 29.0. The van der Waals surface area contributed by atoms with Crippen LogP contribution >= 0.6 is 85.4 Å². The molecular formula is C89H92Cl6N9O15P3. The average Bonchev–Trinajstić information content (AvgIpc) is 0.738. The van der Waals surface area contributed by atoms with E-state index in [9.17, 15) is 47.6 Å². The first-order chi connectivity index (χ1) is 57.9. The Balaban J connectivity index is 0.000000173. The number of nitrogens with zero attached hydrogens (tertiary/aromatic N) is 6. The zero-order chi connectivity index (χ0) is 86.3. The summed E-state index contributed by atoms with van der Waals surface area (Å²) in [5.74, 6) is 0. The van der Waals surface area contributed by atoms with Gasteiger partial charge < -0.3 is 28.4 Å². The van der Waals surface area contributed by atoms with E-state index in [0.717, 1.165) is 50.1 Å². The van der Waals surface area contributed by atoms with Crippen molar-refractivity contribution in [3.63, 3.8) is 0 Å². The zero-order valence-electron chi connectivity index (χ0n) is 66.0. The van der Waals surface area contributed by atoms with Gasteiger partial charge in [0.1, 0.15) is 0 Å². The number of aliphatic hydroxyl groups excluding tert-OH is 1. The molecule has 0 bridgehead atoms. The van der Waals surface area contributed by atoms with Crippen molar-refractivity contribution in [2.75, 3.05) is 65.8 Å². The quantitative estimate of drug-likeness (QED) is 0.0362. The molecule has 0 spiro atoms. The van der Waals surface area contributed by atoms with Gasteiger partial charge in [0, 0.05) is 81.2 Å². The molecule has 24 nitrogen and oxygen atoms in total. The van der Waals surface area contributed by atoms with Gasteiger partial charge in [0.25, 0.3) is 23.4 Å². The Morgan fingerprint density at radius 2 is 0.549 bits per heavy atom. The van der Waals surface area contributed by atoms with E-state index in [0.29, 0.717) is 49.4 Å². The molecule has 33 heteroatoms. The fourth-order valence-electron chi connectivity index (χ4n) is 16.1. The lowest BCUT2D eigenvalue weighted by molar-refractivity contribution is -0.151. The normalized spacial score (nSPS) is 18.5. The number of aliphatic hydroxyl groups is 1. The van der Waals surface area contributed by atoms with Crippen LogP contribution in [0.25, 0.3) is 0 Å². The number of halogens is 6. The Kier molecular flexibility index (Phi) is 32.1. The summed E-state index contributed by atoms with van der Waals surface area (Å²) in [6.07, 6.45) is -3.48. The number of H-pyrrole nitrogens is 3. The van der Waals surface area contributed by atoms with Gasteiger partial charge >= 0.3 is 28.3 Å². The fourth-order valence-corrected chi connectivity index (χ4v) is 17.3. The Bertz CT molecular complexity index is 5430. The first kappa shape index (κ1) is 93.8. The number of aromatic nitrogens is 6. The summed E-state index contributed by atoms with van der Waals surface area (Å²) >= 11 is 31.2. The molecule has 0 saturated carbocycles. The average molecular weight is 1830 g/mol. The summed E-state index contributed by atoms with van der Waals surface area (Å²) in [5, 5.41) is 7.00. The molecular weight excluding hydrogens is 1740 g/mol. The molecule has 0 aliphatic carbocycles. The lowest BCUT2D eigenvalue weighted by Gasteiger charge is -2.50. The van der Waals surface area contributed by atoms with Gasteiger partial charge in [-0.3, -0.25) is 71.4 Å². The van der Waals surface area contributed by atoms with Gasteiger partial charge in [-0.25, -0.2) is 14.4 Å². The summed E-state index contributed by atoms with van der Waals surface area (Å²) < 4.78 is 67.7. The van der Waals surface area contributed by atoms with Gasteiger partial charge in [-0.2, -0.15) is 0 Å². The predicted octanol–water partition coefficient (Wildman–Crippen LogP) is 17.2.